The lowest BCUT2D eigenvalue weighted by molar-refractivity contribution is -0.137. The number of methoxy groups -OCH3 is 1. The standard InChI is InChI=1S/C18H21F3N2O4S/c1-27-9-17-11-4-13(16(24)5-11)15(17)8-23(28(17,25)26)12-3-2-10(7-22)14(6-12)18(19,20)21/h2-3,6,11,13,15-16,24-26H,4-5,8-9H2,1H3/t11-,13-,15-,16+,17+/m0/s1. The topological polar surface area (TPSA) is 97.0 Å². The maximum Gasteiger partial charge on any atom is 0.417 e. The minimum Gasteiger partial charge on any atom is -0.393 e. The van der Waals surface area contributed by atoms with E-state index in [1.807, 2.05) is 0 Å². The van der Waals surface area contributed by atoms with Crippen LogP contribution in [-0.4, -0.2) is 45.3 Å². The van der Waals surface area contributed by atoms with Crippen molar-refractivity contribution in [2.75, 3.05) is 24.6 Å². The van der Waals surface area contributed by atoms with Crippen molar-refractivity contribution in [1.82, 2.24) is 0 Å². The van der Waals surface area contributed by atoms with E-state index in [2.05, 4.69) is 0 Å². The van der Waals surface area contributed by atoms with Gasteiger partial charge in [0.25, 0.3) is 0 Å². The van der Waals surface area contributed by atoms with E-state index in [9.17, 15) is 27.4 Å². The minimum absolute atomic E-state index is 0.00472. The molecule has 2 bridgehead atoms. The third-order valence-electron chi connectivity index (χ3n) is 6.68. The molecule has 4 rings (SSSR count). The summed E-state index contributed by atoms with van der Waals surface area (Å²) in [6, 6.07) is 4.68. The SMILES string of the molecule is COC[C@@]12[C@H]3C[C@H]([C@H](O)C3)[C@@H]1CN(c1ccc(C#N)c(C(F)(F)F)c1)S2(O)O. The predicted octanol–water partition coefficient (Wildman–Crippen LogP) is 3.46. The second-order valence-electron chi connectivity index (χ2n) is 7.81. The van der Waals surface area contributed by atoms with Crippen LogP contribution < -0.4 is 4.31 Å². The van der Waals surface area contributed by atoms with Crippen molar-refractivity contribution in [3.63, 3.8) is 0 Å². The second-order valence-corrected chi connectivity index (χ2v) is 10.1. The van der Waals surface area contributed by atoms with Crippen molar-refractivity contribution in [3.05, 3.63) is 29.3 Å². The zero-order valence-corrected chi connectivity index (χ0v) is 15.9. The van der Waals surface area contributed by atoms with Crippen LogP contribution in [0.3, 0.4) is 0 Å². The third kappa shape index (κ3) is 2.44. The minimum atomic E-state index is -4.74. The zero-order chi connectivity index (χ0) is 20.5. The van der Waals surface area contributed by atoms with Gasteiger partial charge in [-0.3, -0.25) is 13.4 Å². The van der Waals surface area contributed by atoms with Gasteiger partial charge in [0.05, 0.1) is 35.6 Å². The number of rotatable bonds is 3. The van der Waals surface area contributed by atoms with Gasteiger partial charge in [0.15, 0.2) is 0 Å². The van der Waals surface area contributed by atoms with Crippen molar-refractivity contribution < 1.29 is 32.1 Å². The summed E-state index contributed by atoms with van der Waals surface area (Å²) in [5, 5.41) is 19.3. The van der Waals surface area contributed by atoms with Crippen LogP contribution in [0.4, 0.5) is 18.9 Å². The molecule has 0 spiro atoms. The fraction of sp³-hybridized carbons (Fsp3) is 0.611. The molecule has 0 amide bonds. The summed E-state index contributed by atoms with van der Waals surface area (Å²) in [6.45, 7) is 0.180. The van der Waals surface area contributed by atoms with E-state index in [-0.39, 0.29) is 36.6 Å². The van der Waals surface area contributed by atoms with Crippen LogP contribution in [0.25, 0.3) is 0 Å². The molecule has 1 aliphatic heterocycles. The summed E-state index contributed by atoms with van der Waals surface area (Å²) in [4.78, 5) is 0. The van der Waals surface area contributed by atoms with Crippen LogP contribution in [-0.2, 0) is 10.9 Å². The monoisotopic (exact) mass is 418 g/mol. The van der Waals surface area contributed by atoms with Crippen molar-refractivity contribution in [2.24, 2.45) is 17.8 Å². The molecule has 5 atom stereocenters. The fourth-order valence-electron chi connectivity index (χ4n) is 5.55. The zero-order valence-electron chi connectivity index (χ0n) is 15.1. The molecule has 1 heterocycles. The first-order chi connectivity index (χ1) is 13.1. The molecule has 6 nitrogen and oxygen atoms in total. The van der Waals surface area contributed by atoms with Crippen molar-refractivity contribution in [3.8, 4) is 6.07 Å². The van der Waals surface area contributed by atoms with Gasteiger partial charge in [-0.1, -0.05) is 0 Å². The van der Waals surface area contributed by atoms with E-state index >= 15 is 0 Å². The Bertz CT molecular complexity index is 843. The normalized spacial score (nSPS) is 37.0. The van der Waals surface area contributed by atoms with Gasteiger partial charge in [0, 0.05) is 19.6 Å². The van der Waals surface area contributed by atoms with E-state index in [1.165, 1.54) is 23.6 Å². The Kier molecular flexibility index (Phi) is 4.41. The summed E-state index contributed by atoms with van der Waals surface area (Å²) in [5.74, 6) is -0.610. The van der Waals surface area contributed by atoms with E-state index in [0.717, 1.165) is 12.1 Å². The molecule has 3 fully saturated rings. The summed E-state index contributed by atoms with van der Waals surface area (Å²) >= 11 is 0. The van der Waals surface area contributed by atoms with Crippen molar-refractivity contribution in [1.29, 1.82) is 5.26 Å². The number of hydrogen-bond donors (Lipinski definition) is 3. The number of anilines is 1. The molecule has 1 aromatic carbocycles. The molecule has 28 heavy (non-hydrogen) atoms. The maximum atomic E-state index is 13.4. The number of ether oxygens (including phenoxy) is 1. The largest absolute Gasteiger partial charge is 0.417 e. The molecule has 10 heteroatoms. The number of aliphatic hydroxyl groups is 1. The first-order valence-electron chi connectivity index (χ1n) is 8.91. The number of nitriles is 1. The molecule has 0 aromatic heterocycles. The Morgan fingerprint density at radius 1 is 1.36 bits per heavy atom. The molecular weight excluding hydrogens is 397 g/mol. The number of fused-ring (bicyclic) bond motifs is 5. The third-order valence-corrected chi connectivity index (χ3v) is 9.43. The Morgan fingerprint density at radius 2 is 2.07 bits per heavy atom. The van der Waals surface area contributed by atoms with Gasteiger partial charge in [-0.15, -0.1) is 10.8 Å². The Morgan fingerprint density at radius 3 is 2.68 bits per heavy atom. The highest BCUT2D eigenvalue weighted by Gasteiger charge is 2.72. The highest BCUT2D eigenvalue weighted by Crippen LogP contribution is 2.76. The molecule has 0 radical (unpaired) electrons. The average molecular weight is 418 g/mol. The van der Waals surface area contributed by atoms with Gasteiger partial charge >= 0.3 is 6.18 Å². The Balaban J connectivity index is 1.80. The molecular formula is C18H21F3N2O4S. The average Bonchev–Trinajstić information content (AvgIpc) is 3.21. The van der Waals surface area contributed by atoms with Gasteiger partial charge in [-0.05, 0) is 42.9 Å². The van der Waals surface area contributed by atoms with Crippen LogP contribution in [0.1, 0.15) is 24.0 Å². The van der Waals surface area contributed by atoms with Gasteiger partial charge in [-0.2, -0.15) is 18.4 Å². The van der Waals surface area contributed by atoms with E-state index in [4.69, 9.17) is 10.00 Å². The van der Waals surface area contributed by atoms with Crippen molar-refractivity contribution >= 4 is 16.5 Å². The quantitative estimate of drug-likeness (QED) is 0.696. The molecule has 154 valence electrons. The number of halogens is 3. The number of nitrogens with zero attached hydrogens (tertiary/aromatic N) is 2. The molecule has 1 aromatic rings. The van der Waals surface area contributed by atoms with Crippen LogP contribution >= 0.6 is 10.8 Å². The first-order valence-corrected chi connectivity index (χ1v) is 10.4. The lowest BCUT2D eigenvalue weighted by Gasteiger charge is -2.53. The van der Waals surface area contributed by atoms with Gasteiger partial charge in [0.1, 0.15) is 4.75 Å². The van der Waals surface area contributed by atoms with E-state index in [1.54, 1.807) is 0 Å². The number of alkyl halides is 3. The molecule has 2 saturated carbocycles. The molecule has 0 unspecified atom stereocenters. The van der Waals surface area contributed by atoms with Crippen LogP contribution in [0, 0.1) is 29.1 Å². The summed E-state index contributed by atoms with van der Waals surface area (Å²) in [5.41, 5.74) is -1.62. The smallest absolute Gasteiger partial charge is 0.393 e. The van der Waals surface area contributed by atoms with Crippen LogP contribution in [0.5, 0.6) is 0 Å². The lowest BCUT2D eigenvalue weighted by Crippen LogP contribution is -2.50. The van der Waals surface area contributed by atoms with Gasteiger partial charge in [-0.25, -0.2) is 0 Å². The molecule has 3 aliphatic rings. The number of benzene rings is 1. The maximum absolute atomic E-state index is 13.4. The number of hydrogen-bond acceptors (Lipinski definition) is 6. The molecule has 2 aliphatic carbocycles. The van der Waals surface area contributed by atoms with E-state index < -0.39 is 38.9 Å². The molecule has 3 N–H and O–H groups in total. The van der Waals surface area contributed by atoms with Gasteiger partial charge < -0.3 is 9.84 Å². The summed E-state index contributed by atoms with van der Waals surface area (Å²) in [6.07, 6.45) is -4.21. The fourth-order valence-corrected chi connectivity index (χ4v) is 8.31. The van der Waals surface area contributed by atoms with Crippen molar-refractivity contribution in [2.45, 2.75) is 29.9 Å². The van der Waals surface area contributed by atoms with Crippen LogP contribution in [0.15, 0.2) is 18.2 Å². The highest BCUT2D eigenvalue weighted by molar-refractivity contribution is 8.26. The summed E-state index contributed by atoms with van der Waals surface area (Å²) in [7, 11) is -2.08. The van der Waals surface area contributed by atoms with Gasteiger partial charge in [0.2, 0.25) is 0 Å². The lowest BCUT2D eigenvalue weighted by atomic mass is 9.77. The highest BCUT2D eigenvalue weighted by atomic mass is 32.3. The Labute approximate surface area is 162 Å². The summed E-state index contributed by atoms with van der Waals surface area (Å²) < 4.78 is 68.1. The predicted molar refractivity (Wildman–Crippen MR) is 96.7 cm³/mol. The first kappa shape index (κ1) is 19.8. The van der Waals surface area contributed by atoms with Crippen LogP contribution in [0.2, 0.25) is 0 Å². The Hall–Kier alpha value is -1.51. The number of aliphatic hydroxyl groups excluding tert-OH is 1. The second kappa shape index (κ2) is 6.24. The van der Waals surface area contributed by atoms with E-state index in [0.29, 0.717) is 12.8 Å². The molecule has 1 saturated heterocycles.